The topological polar surface area (TPSA) is 50.9 Å². The minimum Gasteiger partial charge on any atom is -0.271 e. The molecule has 1 aromatic heterocycles. The highest BCUT2D eigenvalue weighted by Crippen LogP contribution is 2.16. The molecule has 1 rings (SSSR count). The van der Waals surface area contributed by atoms with E-state index < -0.39 is 0 Å². The zero-order chi connectivity index (χ0) is 11.1. The van der Waals surface area contributed by atoms with Crippen molar-refractivity contribution in [1.82, 2.24) is 10.4 Å². The number of rotatable bonds is 6. The van der Waals surface area contributed by atoms with Gasteiger partial charge in [0.2, 0.25) is 0 Å². The summed E-state index contributed by atoms with van der Waals surface area (Å²) in [4.78, 5) is 4.01. The van der Waals surface area contributed by atoms with Crippen molar-refractivity contribution in [2.75, 3.05) is 0 Å². The van der Waals surface area contributed by atoms with Crippen molar-refractivity contribution in [3.63, 3.8) is 0 Å². The van der Waals surface area contributed by atoms with Crippen molar-refractivity contribution in [2.45, 2.75) is 39.2 Å². The fourth-order valence-corrected chi connectivity index (χ4v) is 1.99. The maximum Gasteiger partial charge on any atom is 0.0278 e. The largest absolute Gasteiger partial charge is 0.271 e. The summed E-state index contributed by atoms with van der Waals surface area (Å²) in [6, 6.07) is 4.46. The smallest absolute Gasteiger partial charge is 0.0278 e. The van der Waals surface area contributed by atoms with Crippen LogP contribution in [0.5, 0.6) is 0 Å². The van der Waals surface area contributed by atoms with E-state index in [1.807, 2.05) is 24.5 Å². The Labute approximate surface area is 92.1 Å². The number of hydrogen-bond donors (Lipinski definition) is 2. The second-order valence-corrected chi connectivity index (χ2v) is 3.91. The third-order valence-corrected chi connectivity index (χ3v) is 3.04. The number of aromatic nitrogens is 1. The Bertz CT molecular complexity index is 257. The van der Waals surface area contributed by atoms with Gasteiger partial charge in [0.1, 0.15) is 0 Å². The van der Waals surface area contributed by atoms with Crippen LogP contribution in [0.2, 0.25) is 0 Å². The van der Waals surface area contributed by atoms with E-state index in [4.69, 9.17) is 5.84 Å². The van der Waals surface area contributed by atoms with Gasteiger partial charge in [-0.25, -0.2) is 0 Å². The predicted octanol–water partition coefficient (Wildman–Crippen LogP) is 1.89. The van der Waals surface area contributed by atoms with Crippen molar-refractivity contribution in [3.8, 4) is 0 Å². The molecule has 0 bridgehead atoms. The fourth-order valence-electron chi connectivity index (χ4n) is 1.99. The first-order valence-electron chi connectivity index (χ1n) is 5.66. The lowest BCUT2D eigenvalue weighted by Crippen LogP contribution is -2.42. The Morgan fingerprint density at radius 2 is 1.87 bits per heavy atom. The van der Waals surface area contributed by atoms with E-state index in [-0.39, 0.29) is 0 Å². The monoisotopic (exact) mass is 207 g/mol. The van der Waals surface area contributed by atoms with E-state index in [1.54, 1.807) is 0 Å². The molecule has 3 heteroatoms. The van der Waals surface area contributed by atoms with Crippen LogP contribution in [0.3, 0.4) is 0 Å². The Morgan fingerprint density at radius 3 is 2.33 bits per heavy atom. The minimum atomic E-state index is 0.363. The Morgan fingerprint density at radius 1 is 1.27 bits per heavy atom. The molecule has 15 heavy (non-hydrogen) atoms. The molecule has 0 saturated carbocycles. The van der Waals surface area contributed by atoms with E-state index in [9.17, 15) is 0 Å². The molecule has 1 aromatic rings. The average Bonchev–Trinajstić information content (AvgIpc) is 2.30. The zero-order valence-corrected chi connectivity index (χ0v) is 9.61. The van der Waals surface area contributed by atoms with Gasteiger partial charge in [0, 0.05) is 18.4 Å². The summed E-state index contributed by atoms with van der Waals surface area (Å²) in [5, 5.41) is 0. The molecule has 84 valence electrons. The minimum absolute atomic E-state index is 0.363. The molecule has 0 aromatic carbocycles. The average molecular weight is 207 g/mol. The first-order chi connectivity index (χ1) is 7.31. The van der Waals surface area contributed by atoms with Gasteiger partial charge >= 0.3 is 0 Å². The summed E-state index contributed by atoms with van der Waals surface area (Å²) in [7, 11) is 0. The van der Waals surface area contributed by atoms with Crippen LogP contribution in [-0.2, 0) is 6.42 Å². The van der Waals surface area contributed by atoms with Gasteiger partial charge in [-0.15, -0.1) is 0 Å². The first kappa shape index (κ1) is 12.1. The summed E-state index contributed by atoms with van der Waals surface area (Å²) in [6.07, 6.45) is 6.96. The van der Waals surface area contributed by atoms with E-state index >= 15 is 0 Å². The highest BCUT2D eigenvalue weighted by Gasteiger charge is 2.17. The van der Waals surface area contributed by atoms with Crippen molar-refractivity contribution in [1.29, 1.82) is 0 Å². The molecule has 0 saturated heterocycles. The maximum absolute atomic E-state index is 5.61. The fraction of sp³-hybridized carbons (Fsp3) is 0.583. The lowest BCUT2D eigenvalue weighted by molar-refractivity contribution is 0.335. The van der Waals surface area contributed by atoms with Crippen LogP contribution >= 0.6 is 0 Å². The quantitative estimate of drug-likeness (QED) is 0.553. The Hall–Kier alpha value is -0.930. The molecule has 1 atom stereocenters. The second kappa shape index (κ2) is 6.53. The van der Waals surface area contributed by atoms with Crippen LogP contribution in [0.4, 0.5) is 0 Å². The molecule has 0 radical (unpaired) electrons. The van der Waals surface area contributed by atoms with Crippen molar-refractivity contribution in [3.05, 3.63) is 30.1 Å². The molecule has 0 spiro atoms. The van der Waals surface area contributed by atoms with Gasteiger partial charge in [0.25, 0.3) is 0 Å². The number of hydrogen-bond acceptors (Lipinski definition) is 3. The lowest BCUT2D eigenvalue weighted by Gasteiger charge is -2.24. The van der Waals surface area contributed by atoms with Gasteiger partial charge in [-0.1, -0.05) is 26.7 Å². The van der Waals surface area contributed by atoms with Crippen molar-refractivity contribution in [2.24, 2.45) is 11.8 Å². The third-order valence-electron chi connectivity index (χ3n) is 3.04. The molecule has 3 N–H and O–H groups in total. The van der Waals surface area contributed by atoms with Gasteiger partial charge in [-0.3, -0.25) is 16.3 Å². The molecule has 1 heterocycles. The Balaban J connectivity index is 2.61. The summed E-state index contributed by atoms with van der Waals surface area (Å²) in [5.41, 5.74) is 4.22. The van der Waals surface area contributed by atoms with E-state index in [0.717, 1.165) is 19.3 Å². The molecule has 3 nitrogen and oxygen atoms in total. The van der Waals surface area contributed by atoms with Crippen LogP contribution < -0.4 is 11.3 Å². The number of pyridine rings is 1. The number of hydrazine groups is 1. The molecule has 1 unspecified atom stereocenters. The zero-order valence-electron chi connectivity index (χ0n) is 9.61. The number of nitrogens with one attached hydrogen (secondary N) is 1. The van der Waals surface area contributed by atoms with Crippen LogP contribution in [0.25, 0.3) is 0 Å². The SMILES string of the molecule is CCC(CC)C(Cc1ccncc1)NN. The number of nitrogens with two attached hydrogens (primary N) is 1. The molecule has 0 fully saturated rings. The first-order valence-corrected chi connectivity index (χ1v) is 5.66. The van der Waals surface area contributed by atoms with Crippen molar-refractivity contribution >= 4 is 0 Å². The van der Waals surface area contributed by atoms with Gasteiger partial charge in [-0.2, -0.15) is 0 Å². The maximum atomic E-state index is 5.61. The van der Waals surface area contributed by atoms with Crippen LogP contribution in [0, 0.1) is 5.92 Å². The molecule has 0 aliphatic heterocycles. The number of nitrogens with zero attached hydrogens (tertiary/aromatic N) is 1. The summed E-state index contributed by atoms with van der Waals surface area (Å²) < 4.78 is 0. The van der Waals surface area contributed by atoms with Gasteiger partial charge in [-0.05, 0) is 30.0 Å². The lowest BCUT2D eigenvalue weighted by atomic mass is 9.90. The molecule has 0 amide bonds. The highest BCUT2D eigenvalue weighted by molar-refractivity contribution is 5.11. The molecular weight excluding hydrogens is 186 g/mol. The van der Waals surface area contributed by atoms with Gasteiger partial charge in [0.15, 0.2) is 0 Å². The van der Waals surface area contributed by atoms with Crippen molar-refractivity contribution < 1.29 is 0 Å². The van der Waals surface area contributed by atoms with E-state index in [2.05, 4.69) is 24.3 Å². The molecule has 0 aliphatic carbocycles. The normalized spacial score (nSPS) is 13.1. The molecule has 0 aliphatic rings. The standard InChI is InChI=1S/C12H21N3/c1-3-11(4-2)12(15-13)9-10-5-7-14-8-6-10/h5-8,11-12,15H,3-4,9,13H2,1-2H3. The van der Waals surface area contributed by atoms with E-state index in [1.165, 1.54) is 5.56 Å². The van der Waals surface area contributed by atoms with Gasteiger partial charge < -0.3 is 0 Å². The third kappa shape index (κ3) is 3.61. The van der Waals surface area contributed by atoms with Gasteiger partial charge in [0.05, 0.1) is 0 Å². The highest BCUT2D eigenvalue weighted by atomic mass is 15.2. The second-order valence-electron chi connectivity index (χ2n) is 3.91. The van der Waals surface area contributed by atoms with E-state index in [0.29, 0.717) is 12.0 Å². The summed E-state index contributed by atoms with van der Waals surface area (Å²) in [6.45, 7) is 4.43. The summed E-state index contributed by atoms with van der Waals surface area (Å²) in [5.74, 6) is 6.25. The summed E-state index contributed by atoms with van der Waals surface area (Å²) >= 11 is 0. The van der Waals surface area contributed by atoms with Crippen LogP contribution in [-0.4, -0.2) is 11.0 Å². The predicted molar refractivity (Wildman–Crippen MR) is 63.1 cm³/mol. The Kier molecular flexibility index (Phi) is 5.29. The van der Waals surface area contributed by atoms with Crippen LogP contribution in [0.1, 0.15) is 32.3 Å². The van der Waals surface area contributed by atoms with Crippen LogP contribution in [0.15, 0.2) is 24.5 Å². The molecular formula is C12H21N3.